The fourth-order valence-corrected chi connectivity index (χ4v) is 3.01. The Morgan fingerprint density at radius 2 is 1.95 bits per heavy atom. The Hall–Kier alpha value is -1.19. The molecular weight excluding hydrogens is 250 g/mol. The highest BCUT2D eigenvalue weighted by atomic mass is 28.3. The summed E-state index contributed by atoms with van der Waals surface area (Å²) in [6, 6.07) is 12.5. The molecule has 0 bridgehead atoms. The fourth-order valence-electron chi connectivity index (χ4n) is 2.20. The maximum absolute atomic E-state index is 6.13. The summed E-state index contributed by atoms with van der Waals surface area (Å²) < 4.78 is 6.13. The van der Waals surface area contributed by atoms with Crippen LogP contribution in [0.15, 0.2) is 36.4 Å². The molecule has 2 nitrogen and oxygen atoms in total. The summed E-state index contributed by atoms with van der Waals surface area (Å²) in [5.41, 5.74) is 2.14. The zero-order valence-electron chi connectivity index (χ0n) is 12.0. The number of rotatable bonds is 6. The molecule has 1 heterocycles. The minimum Gasteiger partial charge on any atom is -0.409 e. The molecule has 1 aromatic carbocycles. The molecule has 19 heavy (non-hydrogen) atoms. The molecular formula is C16H22NOSi. The third kappa shape index (κ3) is 3.88. The standard InChI is InChI=1S/C16H22NOSi/c1-4-5-10-16(18-19(2)3)15-12-11-13-8-6-7-9-14(13)17-15/h6-9,11-12,16H,4-5,10H2,1-3H3. The highest BCUT2D eigenvalue weighted by Gasteiger charge is 2.15. The van der Waals surface area contributed by atoms with Crippen molar-refractivity contribution in [3.63, 3.8) is 0 Å². The van der Waals surface area contributed by atoms with E-state index < -0.39 is 9.04 Å². The van der Waals surface area contributed by atoms with Gasteiger partial charge in [0.15, 0.2) is 0 Å². The summed E-state index contributed by atoms with van der Waals surface area (Å²) in [5, 5.41) is 1.19. The van der Waals surface area contributed by atoms with Gasteiger partial charge in [0.05, 0.1) is 17.3 Å². The van der Waals surface area contributed by atoms with Crippen molar-refractivity contribution in [1.29, 1.82) is 0 Å². The van der Waals surface area contributed by atoms with Crippen LogP contribution in [0.5, 0.6) is 0 Å². The number of pyridine rings is 1. The largest absolute Gasteiger partial charge is 0.409 e. The van der Waals surface area contributed by atoms with Gasteiger partial charge in [0.1, 0.15) is 0 Å². The van der Waals surface area contributed by atoms with Crippen molar-refractivity contribution in [2.45, 2.75) is 45.4 Å². The maximum Gasteiger partial charge on any atom is 0.205 e. The molecule has 2 aromatic rings. The van der Waals surface area contributed by atoms with Crippen molar-refractivity contribution in [2.75, 3.05) is 0 Å². The SMILES string of the molecule is CCCCC(O[Si](C)C)c1ccc2ccccc2n1. The number of nitrogens with zero attached hydrogens (tertiary/aromatic N) is 1. The van der Waals surface area contributed by atoms with Gasteiger partial charge < -0.3 is 4.43 Å². The van der Waals surface area contributed by atoms with Gasteiger partial charge in [0.25, 0.3) is 0 Å². The number of para-hydroxylation sites is 1. The van der Waals surface area contributed by atoms with Gasteiger partial charge in [-0.2, -0.15) is 0 Å². The molecule has 0 amide bonds. The molecule has 0 aliphatic carbocycles. The minimum absolute atomic E-state index is 0.161. The number of fused-ring (bicyclic) bond motifs is 1. The predicted molar refractivity (Wildman–Crippen MR) is 82.6 cm³/mol. The van der Waals surface area contributed by atoms with Crippen LogP contribution < -0.4 is 0 Å². The normalized spacial score (nSPS) is 13.1. The molecule has 0 fully saturated rings. The number of unbranched alkanes of at least 4 members (excludes halogenated alkanes) is 1. The van der Waals surface area contributed by atoms with Crippen LogP contribution in [0.25, 0.3) is 10.9 Å². The first kappa shape index (κ1) is 14.2. The second-order valence-electron chi connectivity index (χ2n) is 5.09. The lowest BCUT2D eigenvalue weighted by atomic mass is 10.1. The Bertz CT molecular complexity index is 527. The lowest BCUT2D eigenvalue weighted by molar-refractivity contribution is 0.190. The van der Waals surface area contributed by atoms with Gasteiger partial charge >= 0.3 is 0 Å². The average Bonchev–Trinajstić information content (AvgIpc) is 2.42. The number of benzene rings is 1. The van der Waals surface area contributed by atoms with Crippen LogP contribution in [-0.4, -0.2) is 14.0 Å². The summed E-state index contributed by atoms with van der Waals surface area (Å²) in [6.45, 7) is 6.59. The lowest BCUT2D eigenvalue weighted by Gasteiger charge is -2.19. The molecule has 0 aliphatic rings. The summed E-state index contributed by atoms with van der Waals surface area (Å²) in [5.74, 6) is 0. The van der Waals surface area contributed by atoms with Crippen molar-refractivity contribution < 1.29 is 4.43 Å². The molecule has 0 N–H and O–H groups in total. The number of aromatic nitrogens is 1. The lowest BCUT2D eigenvalue weighted by Crippen LogP contribution is -2.15. The average molecular weight is 272 g/mol. The van der Waals surface area contributed by atoms with E-state index in [2.05, 4.69) is 44.3 Å². The van der Waals surface area contributed by atoms with Crippen LogP contribution in [0.3, 0.4) is 0 Å². The van der Waals surface area contributed by atoms with Gasteiger partial charge in [0.2, 0.25) is 9.04 Å². The van der Waals surface area contributed by atoms with Gasteiger partial charge in [-0.15, -0.1) is 0 Å². The second-order valence-corrected chi connectivity index (χ2v) is 7.14. The molecule has 2 rings (SSSR count). The van der Waals surface area contributed by atoms with E-state index in [0.717, 1.165) is 17.6 Å². The number of hydrogen-bond acceptors (Lipinski definition) is 2. The van der Waals surface area contributed by atoms with E-state index in [1.54, 1.807) is 0 Å². The minimum atomic E-state index is -0.703. The van der Waals surface area contributed by atoms with Crippen LogP contribution in [0.4, 0.5) is 0 Å². The number of hydrogen-bond donors (Lipinski definition) is 0. The third-order valence-corrected chi connectivity index (χ3v) is 3.90. The molecule has 1 aromatic heterocycles. The van der Waals surface area contributed by atoms with Crippen LogP contribution in [0.1, 0.15) is 38.0 Å². The second kappa shape index (κ2) is 6.82. The maximum atomic E-state index is 6.13. The first-order valence-corrected chi connectivity index (χ1v) is 9.44. The molecule has 3 heteroatoms. The van der Waals surface area contributed by atoms with Crippen LogP contribution in [0.2, 0.25) is 13.1 Å². The third-order valence-electron chi connectivity index (χ3n) is 3.15. The monoisotopic (exact) mass is 272 g/mol. The first-order valence-electron chi connectivity index (χ1n) is 7.03. The summed E-state index contributed by atoms with van der Waals surface area (Å²) in [7, 11) is -0.703. The summed E-state index contributed by atoms with van der Waals surface area (Å²) >= 11 is 0. The van der Waals surface area contributed by atoms with Gasteiger partial charge in [-0.1, -0.05) is 44.0 Å². The highest BCUT2D eigenvalue weighted by Crippen LogP contribution is 2.25. The summed E-state index contributed by atoms with van der Waals surface area (Å²) in [6.07, 6.45) is 3.61. The highest BCUT2D eigenvalue weighted by molar-refractivity contribution is 6.48. The molecule has 0 aliphatic heterocycles. The van der Waals surface area contributed by atoms with Crippen LogP contribution in [0, 0.1) is 0 Å². The van der Waals surface area contributed by atoms with Crippen molar-refractivity contribution >= 4 is 19.9 Å². The van der Waals surface area contributed by atoms with Crippen molar-refractivity contribution in [3.8, 4) is 0 Å². The van der Waals surface area contributed by atoms with E-state index in [1.807, 2.05) is 12.1 Å². The van der Waals surface area contributed by atoms with Crippen LogP contribution >= 0.6 is 0 Å². The van der Waals surface area contributed by atoms with E-state index in [1.165, 1.54) is 18.2 Å². The smallest absolute Gasteiger partial charge is 0.205 e. The Labute approximate surface area is 117 Å². The van der Waals surface area contributed by atoms with E-state index >= 15 is 0 Å². The Balaban J connectivity index is 2.26. The Kier molecular flexibility index (Phi) is 5.11. The zero-order chi connectivity index (χ0) is 13.7. The van der Waals surface area contributed by atoms with E-state index in [0.29, 0.717) is 0 Å². The quantitative estimate of drug-likeness (QED) is 0.709. The fraction of sp³-hybridized carbons (Fsp3) is 0.438. The van der Waals surface area contributed by atoms with Gasteiger partial charge in [-0.3, -0.25) is 4.98 Å². The molecule has 0 spiro atoms. The van der Waals surface area contributed by atoms with E-state index in [9.17, 15) is 0 Å². The van der Waals surface area contributed by atoms with Crippen molar-refractivity contribution in [2.24, 2.45) is 0 Å². The predicted octanol–water partition coefficient (Wildman–Crippen LogP) is 4.73. The van der Waals surface area contributed by atoms with Gasteiger partial charge in [-0.05, 0) is 31.6 Å². The van der Waals surface area contributed by atoms with Crippen LogP contribution in [-0.2, 0) is 4.43 Å². The van der Waals surface area contributed by atoms with Crippen molar-refractivity contribution in [1.82, 2.24) is 4.98 Å². The Morgan fingerprint density at radius 1 is 1.16 bits per heavy atom. The van der Waals surface area contributed by atoms with E-state index in [4.69, 9.17) is 9.41 Å². The van der Waals surface area contributed by atoms with E-state index in [-0.39, 0.29) is 6.10 Å². The first-order chi connectivity index (χ1) is 9.20. The molecule has 0 saturated carbocycles. The zero-order valence-corrected chi connectivity index (χ0v) is 13.0. The molecule has 1 radical (unpaired) electrons. The molecule has 1 atom stereocenters. The molecule has 101 valence electrons. The Morgan fingerprint density at radius 3 is 2.68 bits per heavy atom. The molecule has 0 saturated heterocycles. The molecule has 1 unspecified atom stereocenters. The van der Waals surface area contributed by atoms with Crippen molar-refractivity contribution in [3.05, 3.63) is 42.1 Å². The summed E-state index contributed by atoms with van der Waals surface area (Å²) in [4.78, 5) is 4.77. The van der Waals surface area contributed by atoms with Gasteiger partial charge in [0, 0.05) is 5.39 Å². The van der Waals surface area contributed by atoms with Gasteiger partial charge in [-0.25, -0.2) is 0 Å². The topological polar surface area (TPSA) is 22.1 Å².